The lowest BCUT2D eigenvalue weighted by Gasteiger charge is -2.29. The zero-order valence-corrected chi connectivity index (χ0v) is 9.41. The van der Waals surface area contributed by atoms with Crippen molar-refractivity contribution in [1.29, 1.82) is 0 Å². The van der Waals surface area contributed by atoms with E-state index < -0.39 is 0 Å². The van der Waals surface area contributed by atoms with Crippen molar-refractivity contribution in [2.75, 3.05) is 17.7 Å². The number of nitrogen functional groups attached to an aromatic ring is 1. The van der Waals surface area contributed by atoms with E-state index in [2.05, 4.69) is 15.3 Å². The highest BCUT2D eigenvalue weighted by Gasteiger charge is 2.37. The Bertz CT molecular complexity index is 445. The Morgan fingerprint density at radius 1 is 1.75 bits per heavy atom. The Labute approximate surface area is 93.2 Å². The zero-order chi connectivity index (χ0) is 11.8. The van der Waals surface area contributed by atoms with Gasteiger partial charge in [-0.2, -0.15) is 0 Å². The van der Waals surface area contributed by atoms with Gasteiger partial charge in [0.15, 0.2) is 5.82 Å². The van der Waals surface area contributed by atoms with Crippen molar-refractivity contribution in [2.24, 2.45) is 0 Å². The van der Waals surface area contributed by atoms with Crippen LogP contribution >= 0.6 is 0 Å². The Balaban J connectivity index is 2.27. The van der Waals surface area contributed by atoms with Crippen LogP contribution in [0.15, 0.2) is 11.1 Å². The van der Waals surface area contributed by atoms with Gasteiger partial charge in [-0.15, -0.1) is 0 Å². The lowest BCUT2D eigenvalue weighted by Crippen LogP contribution is -2.42. The van der Waals surface area contributed by atoms with Gasteiger partial charge < -0.3 is 20.8 Å². The number of aromatic nitrogens is 2. The number of nitrogens with two attached hydrogens (primary N) is 1. The fourth-order valence-electron chi connectivity index (χ4n) is 1.78. The van der Waals surface area contributed by atoms with Crippen molar-refractivity contribution in [1.82, 2.24) is 9.97 Å². The molecular formula is C10H16N4O2. The van der Waals surface area contributed by atoms with Crippen LogP contribution in [0.5, 0.6) is 0 Å². The lowest BCUT2D eigenvalue weighted by molar-refractivity contribution is 0.105. The number of H-pyrrole nitrogens is 1. The van der Waals surface area contributed by atoms with E-state index in [9.17, 15) is 4.79 Å². The van der Waals surface area contributed by atoms with Gasteiger partial charge >= 0.3 is 0 Å². The van der Waals surface area contributed by atoms with Crippen LogP contribution in [0.2, 0.25) is 0 Å². The molecule has 0 saturated carbocycles. The minimum atomic E-state index is -0.326. The molecular weight excluding hydrogens is 208 g/mol. The molecule has 2 unspecified atom stereocenters. The Morgan fingerprint density at radius 2 is 2.50 bits per heavy atom. The van der Waals surface area contributed by atoms with E-state index in [1.165, 1.54) is 6.33 Å². The number of ether oxygens (including phenoxy) is 1. The molecule has 0 radical (unpaired) electrons. The average molecular weight is 224 g/mol. The van der Waals surface area contributed by atoms with Gasteiger partial charge in [0.1, 0.15) is 5.69 Å². The molecule has 1 aliphatic rings. The Hall–Kier alpha value is -1.56. The van der Waals surface area contributed by atoms with Crippen LogP contribution in [0.4, 0.5) is 11.5 Å². The molecule has 4 N–H and O–H groups in total. The van der Waals surface area contributed by atoms with Crippen molar-refractivity contribution in [3.8, 4) is 0 Å². The van der Waals surface area contributed by atoms with Crippen molar-refractivity contribution in [3.05, 3.63) is 16.7 Å². The maximum absolute atomic E-state index is 11.3. The van der Waals surface area contributed by atoms with E-state index in [1.807, 2.05) is 13.8 Å². The van der Waals surface area contributed by atoms with Crippen LogP contribution in [-0.2, 0) is 4.74 Å². The first-order valence-electron chi connectivity index (χ1n) is 5.26. The molecule has 1 fully saturated rings. The third kappa shape index (κ3) is 1.76. The van der Waals surface area contributed by atoms with Crippen LogP contribution in [-0.4, -0.2) is 28.2 Å². The minimum absolute atomic E-state index is 0.0630. The summed E-state index contributed by atoms with van der Waals surface area (Å²) in [6.45, 7) is 4.73. The SMILES string of the molecule is CC1OCCC1(C)Nc1nc[nH]c(=O)c1N. The molecule has 0 bridgehead atoms. The maximum atomic E-state index is 11.3. The summed E-state index contributed by atoms with van der Waals surface area (Å²) in [6.07, 6.45) is 2.26. The summed E-state index contributed by atoms with van der Waals surface area (Å²) in [5.74, 6) is 0.420. The number of rotatable bonds is 2. The summed E-state index contributed by atoms with van der Waals surface area (Å²) in [4.78, 5) is 17.8. The largest absolute Gasteiger partial charge is 0.391 e. The van der Waals surface area contributed by atoms with Crippen LogP contribution in [0.3, 0.4) is 0 Å². The molecule has 1 aromatic rings. The van der Waals surface area contributed by atoms with Gasteiger partial charge in [-0.25, -0.2) is 4.98 Å². The summed E-state index contributed by atoms with van der Waals surface area (Å²) >= 11 is 0. The smallest absolute Gasteiger partial charge is 0.276 e. The highest BCUT2D eigenvalue weighted by molar-refractivity contribution is 5.60. The number of hydrogen-bond donors (Lipinski definition) is 3. The molecule has 2 rings (SSSR count). The normalized spacial score (nSPS) is 29.2. The van der Waals surface area contributed by atoms with Crippen molar-refractivity contribution in [3.63, 3.8) is 0 Å². The van der Waals surface area contributed by atoms with E-state index in [1.54, 1.807) is 0 Å². The number of nitrogens with one attached hydrogen (secondary N) is 2. The van der Waals surface area contributed by atoms with Crippen LogP contribution < -0.4 is 16.6 Å². The molecule has 88 valence electrons. The second-order valence-electron chi connectivity index (χ2n) is 4.30. The number of nitrogens with zero attached hydrogens (tertiary/aromatic N) is 1. The maximum Gasteiger partial charge on any atom is 0.276 e. The standard InChI is InChI=1S/C10H16N4O2/c1-6-10(2,3-4-16-6)14-8-7(11)9(15)13-5-12-8/h5-6H,3-4,11H2,1-2H3,(H2,12,13,14,15). The van der Waals surface area contributed by atoms with E-state index in [-0.39, 0.29) is 22.9 Å². The number of aromatic amines is 1. The Morgan fingerprint density at radius 3 is 3.12 bits per heavy atom. The quantitative estimate of drug-likeness (QED) is 0.673. The highest BCUT2D eigenvalue weighted by Crippen LogP contribution is 2.29. The fraction of sp³-hybridized carbons (Fsp3) is 0.600. The van der Waals surface area contributed by atoms with E-state index in [4.69, 9.17) is 10.5 Å². The topological polar surface area (TPSA) is 93.0 Å². The van der Waals surface area contributed by atoms with Crippen LogP contribution in [0.25, 0.3) is 0 Å². The van der Waals surface area contributed by atoms with Gasteiger partial charge in [-0.1, -0.05) is 0 Å². The second kappa shape index (κ2) is 3.79. The van der Waals surface area contributed by atoms with E-state index >= 15 is 0 Å². The van der Waals surface area contributed by atoms with Crippen LogP contribution in [0, 0.1) is 0 Å². The molecule has 1 aliphatic heterocycles. The number of hydrogen-bond acceptors (Lipinski definition) is 5. The van der Waals surface area contributed by atoms with Gasteiger partial charge in [0.25, 0.3) is 5.56 Å². The Kier molecular flexibility index (Phi) is 2.59. The molecule has 16 heavy (non-hydrogen) atoms. The summed E-state index contributed by atoms with van der Waals surface area (Å²) in [5.41, 5.74) is 5.22. The summed E-state index contributed by atoms with van der Waals surface area (Å²) in [5, 5.41) is 3.20. The minimum Gasteiger partial charge on any atom is -0.391 e. The molecule has 6 heteroatoms. The molecule has 0 amide bonds. The van der Waals surface area contributed by atoms with Crippen molar-refractivity contribution in [2.45, 2.75) is 31.9 Å². The molecule has 1 saturated heterocycles. The third-order valence-corrected chi connectivity index (χ3v) is 3.18. The zero-order valence-electron chi connectivity index (χ0n) is 9.41. The summed E-state index contributed by atoms with van der Waals surface area (Å²) < 4.78 is 5.49. The van der Waals surface area contributed by atoms with E-state index in [0.717, 1.165) is 6.42 Å². The third-order valence-electron chi connectivity index (χ3n) is 3.18. The lowest BCUT2D eigenvalue weighted by atomic mass is 9.95. The van der Waals surface area contributed by atoms with Gasteiger partial charge in [0, 0.05) is 6.61 Å². The van der Waals surface area contributed by atoms with E-state index in [0.29, 0.717) is 12.4 Å². The average Bonchev–Trinajstić information content (AvgIpc) is 2.55. The first-order valence-corrected chi connectivity index (χ1v) is 5.26. The summed E-state index contributed by atoms with van der Waals surface area (Å²) in [7, 11) is 0. The predicted octanol–water partition coefficient (Wildman–Crippen LogP) is 0.332. The van der Waals surface area contributed by atoms with Gasteiger partial charge in [0.05, 0.1) is 18.0 Å². The number of anilines is 2. The highest BCUT2D eigenvalue weighted by atomic mass is 16.5. The second-order valence-corrected chi connectivity index (χ2v) is 4.30. The first kappa shape index (κ1) is 10.9. The van der Waals surface area contributed by atoms with Crippen molar-refractivity contribution >= 4 is 11.5 Å². The molecule has 0 spiro atoms. The molecule has 6 nitrogen and oxygen atoms in total. The first-order chi connectivity index (χ1) is 7.53. The molecule has 0 aliphatic carbocycles. The summed E-state index contributed by atoms with van der Waals surface area (Å²) in [6, 6.07) is 0. The molecule has 2 heterocycles. The van der Waals surface area contributed by atoms with Crippen molar-refractivity contribution < 1.29 is 4.74 Å². The van der Waals surface area contributed by atoms with Crippen LogP contribution in [0.1, 0.15) is 20.3 Å². The molecule has 0 aromatic carbocycles. The molecule has 1 aromatic heterocycles. The van der Waals surface area contributed by atoms with Gasteiger partial charge in [-0.3, -0.25) is 4.79 Å². The predicted molar refractivity (Wildman–Crippen MR) is 61.3 cm³/mol. The fourth-order valence-corrected chi connectivity index (χ4v) is 1.78. The van der Waals surface area contributed by atoms with Gasteiger partial charge in [0.2, 0.25) is 0 Å². The molecule has 2 atom stereocenters. The monoisotopic (exact) mass is 224 g/mol. The van der Waals surface area contributed by atoms with Gasteiger partial charge in [-0.05, 0) is 20.3 Å².